The van der Waals surface area contributed by atoms with E-state index in [9.17, 15) is 5.11 Å². The van der Waals surface area contributed by atoms with Gasteiger partial charge in [-0.05, 0) is 98.7 Å². The molecule has 1 heteroatoms. The second-order valence-electron chi connectivity index (χ2n) is 13.9. The predicted molar refractivity (Wildman–Crippen MR) is 133 cm³/mol. The van der Waals surface area contributed by atoms with Gasteiger partial charge in [0.2, 0.25) is 0 Å². The van der Waals surface area contributed by atoms with Crippen LogP contribution in [0.15, 0.2) is 11.6 Å². The number of hydrogen-bond acceptors (Lipinski definition) is 1. The number of rotatable bonds is 4. The molecule has 1 nitrogen and oxygen atoms in total. The minimum Gasteiger partial charge on any atom is -0.393 e. The van der Waals surface area contributed by atoms with Crippen molar-refractivity contribution in [1.82, 2.24) is 0 Å². The molecule has 31 heavy (non-hydrogen) atoms. The van der Waals surface area contributed by atoms with E-state index >= 15 is 0 Å². The summed E-state index contributed by atoms with van der Waals surface area (Å²) in [6.07, 6.45) is 15.5. The monoisotopic (exact) mass is 427 g/mol. The van der Waals surface area contributed by atoms with Gasteiger partial charge in [0.25, 0.3) is 0 Å². The number of hydrogen-bond donors (Lipinski definition) is 1. The number of allylic oxidation sites excluding steroid dienone is 2. The summed E-state index contributed by atoms with van der Waals surface area (Å²) in [5, 5.41) is 10.8. The Morgan fingerprint density at radius 3 is 2.23 bits per heavy atom. The summed E-state index contributed by atoms with van der Waals surface area (Å²) in [6.45, 7) is 19.7. The third-order valence-corrected chi connectivity index (χ3v) is 12.1. The second kappa shape index (κ2) is 7.82. The van der Waals surface area contributed by atoms with E-state index in [1.54, 1.807) is 5.92 Å². The average Bonchev–Trinajstić information content (AvgIpc) is 3.03. The Labute approximate surface area is 193 Å². The van der Waals surface area contributed by atoms with Crippen molar-refractivity contribution in [3.05, 3.63) is 17.6 Å². The standard InChI is InChI=1S/C30H51O/c1-20(2)10-9-11-21(3)22-14-18-29(7)23(22)12-13-25-28(6)17-16-26(31)27(4,5)24(28)15-19-30(25,29)8/h10,22-26,31H,9,11-19H2,1-8H3/q+1/t22-,23-,24+,25-,26+,28+,29-,30-/m1/s1. The van der Waals surface area contributed by atoms with E-state index in [2.05, 4.69) is 61.5 Å². The highest BCUT2D eigenvalue weighted by molar-refractivity contribution is 5.19. The van der Waals surface area contributed by atoms with Crippen molar-refractivity contribution in [3.63, 3.8) is 0 Å². The molecule has 0 aromatic rings. The summed E-state index contributed by atoms with van der Waals surface area (Å²) in [4.78, 5) is 0. The normalized spacial score (nSPS) is 48.4. The van der Waals surface area contributed by atoms with E-state index in [0.29, 0.717) is 22.2 Å². The molecule has 8 atom stereocenters. The molecule has 0 amide bonds. The van der Waals surface area contributed by atoms with Crippen LogP contribution in [0.2, 0.25) is 0 Å². The first-order valence-corrected chi connectivity index (χ1v) is 13.5. The van der Waals surface area contributed by atoms with Crippen molar-refractivity contribution in [2.24, 2.45) is 45.3 Å². The van der Waals surface area contributed by atoms with Gasteiger partial charge in [0.05, 0.1) is 25.4 Å². The zero-order valence-electron chi connectivity index (χ0n) is 22.0. The Morgan fingerprint density at radius 1 is 0.871 bits per heavy atom. The lowest BCUT2D eigenvalue weighted by Gasteiger charge is -2.69. The fraction of sp³-hybridized carbons (Fsp3) is 0.900. The quantitative estimate of drug-likeness (QED) is 0.353. The van der Waals surface area contributed by atoms with Gasteiger partial charge < -0.3 is 5.11 Å². The maximum absolute atomic E-state index is 10.8. The van der Waals surface area contributed by atoms with Crippen LogP contribution in [0.3, 0.4) is 0 Å². The fourth-order valence-electron chi connectivity index (χ4n) is 10.1. The summed E-state index contributed by atoms with van der Waals surface area (Å²) in [5.41, 5.74) is 2.90. The van der Waals surface area contributed by atoms with Gasteiger partial charge >= 0.3 is 0 Å². The van der Waals surface area contributed by atoms with E-state index in [-0.39, 0.29) is 11.5 Å². The van der Waals surface area contributed by atoms with Crippen molar-refractivity contribution in [2.75, 3.05) is 0 Å². The second-order valence-corrected chi connectivity index (χ2v) is 13.9. The van der Waals surface area contributed by atoms with Gasteiger partial charge in [-0.2, -0.15) is 0 Å². The fourth-order valence-corrected chi connectivity index (χ4v) is 10.1. The Bertz CT molecular complexity index is 701. The predicted octanol–water partition coefficient (Wildman–Crippen LogP) is 8.37. The van der Waals surface area contributed by atoms with Gasteiger partial charge in [0.1, 0.15) is 5.92 Å². The van der Waals surface area contributed by atoms with Crippen molar-refractivity contribution in [3.8, 4) is 0 Å². The Morgan fingerprint density at radius 2 is 1.55 bits per heavy atom. The average molecular weight is 428 g/mol. The molecule has 0 heterocycles. The zero-order chi connectivity index (χ0) is 22.8. The maximum Gasteiger partial charge on any atom is 0.103 e. The van der Waals surface area contributed by atoms with Crippen LogP contribution in [0.1, 0.15) is 120 Å². The summed E-state index contributed by atoms with van der Waals surface area (Å²) in [6, 6.07) is 0. The third-order valence-electron chi connectivity index (χ3n) is 12.1. The first-order chi connectivity index (χ1) is 14.4. The molecule has 0 aromatic heterocycles. The van der Waals surface area contributed by atoms with Gasteiger partial charge in [-0.15, -0.1) is 0 Å². The van der Waals surface area contributed by atoms with Crippen LogP contribution in [-0.4, -0.2) is 11.2 Å². The largest absolute Gasteiger partial charge is 0.393 e. The minimum atomic E-state index is -0.115. The summed E-state index contributed by atoms with van der Waals surface area (Å²) in [5.74, 6) is 5.04. The van der Waals surface area contributed by atoms with Crippen LogP contribution in [-0.2, 0) is 0 Å². The van der Waals surface area contributed by atoms with Crippen LogP contribution >= 0.6 is 0 Å². The van der Waals surface area contributed by atoms with E-state index in [1.807, 2.05) is 0 Å². The molecule has 0 spiro atoms. The lowest BCUT2D eigenvalue weighted by atomic mass is 9.35. The molecule has 0 bridgehead atoms. The van der Waals surface area contributed by atoms with E-state index in [0.717, 1.165) is 24.2 Å². The summed E-state index contributed by atoms with van der Waals surface area (Å²) >= 11 is 0. The SMILES string of the molecule is CC(C)=CCC[C+](C)[C@H]1CC[C@]2(C)[C@@H]1CC[C@@H]1[C@@]3(C)CC[C@H](O)C(C)(C)[C@@H]3CC[C@]12C. The van der Waals surface area contributed by atoms with Gasteiger partial charge in [0.15, 0.2) is 0 Å². The molecule has 0 saturated heterocycles. The first kappa shape index (κ1) is 23.7. The Balaban J connectivity index is 1.58. The van der Waals surface area contributed by atoms with Crippen molar-refractivity contribution in [2.45, 2.75) is 126 Å². The van der Waals surface area contributed by atoms with Crippen molar-refractivity contribution >= 4 is 0 Å². The molecule has 0 aromatic carbocycles. The molecule has 4 saturated carbocycles. The Hall–Kier alpha value is -0.430. The van der Waals surface area contributed by atoms with Gasteiger partial charge in [-0.25, -0.2) is 0 Å². The highest BCUT2D eigenvalue weighted by atomic mass is 16.3. The van der Waals surface area contributed by atoms with E-state index < -0.39 is 0 Å². The van der Waals surface area contributed by atoms with Crippen LogP contribution in [0, 0.1) is 51.2 Å². The van der Waals surface area contributed by atoms with Crippen LogP contribution in [0.5, 0.6) is 0 Å². The van der Waals surface area contributed by atoms with Crippen molar-refractivity contribution in [1.29, 1.82) is 0 Å². The van der Waals surface area contributed by atoms with Crippen LogP contribution in [0.25, 0.3) is 0 Å². The molecule has 0 radical (unpaired) electrons. The first-order valence-electron chi connectivity index (χ1n) is 13.5. The van der Waals surface area contributed by atoms with Gasteiger partial charge in [-0.3, -0.25) is 0 Å². The molecule has 4 aliphatic carbocycles. The van der Waals surface area contributed by atoms with E-state index in [4.69, 9.17) is 0 Å². The number of fused-ring (bicyclic) bond motifs is 5. The van der Waals surface area contributed by atoms with Crippen molar-refractivity contribution < 1.29 is 5.11 Å². The van der Waals surface area contributed by atoms with Crippen LogP contribution in [0.4, 0.5) is 0 Å². The molecule has 1 N–H and O–H groups in total. The zero-order valence-corrected chi connectivity index (χ0v) is 22.0. The van der Waals surface area contributed by atoms with E-state index in [1.165, 1.54) is 63.4 Å². The molecule has 176 valence electrons. The molecule has 0 aliphatic heterocycles. The molecule has 0 unspecified atom stereocenters. The van der Waals surface area contributed by atoms with Crippen LogP contribution < -0.4 is 0 Å². The molecule has 4 aliphatic rings. The topological polar surface area (TPSA) is 20.2 Å². The lowest BCUT2D eigenvalue weighted by molar-refractivity contribution is -0.221. The number of aliphatic hydroxyl groups is 1. The molecule has 4 fully saturated rings. The molecular weight excluding hydrogens is 376 g/mol. The van der Waals surface area contributed by atoms with Gasteiger partial charge in [-0.1, -0.05) is 46.3 Å². The lowest BCUT2D eigenvalue weighted by Crippen LogP contribution is -2.63. The maximum atomic E-state index is 10.8. The summed E-state index contributed by atoms with van der Waals surface area (Å²) < 4.78 is 0. The summed E-state index contributed by atoms with van der Waals surface area (Å²) in [7, 11) is 0. The highest BCUT2D eigenvalue weighted by Crippen LogP contribution is 2.75. The van der Waals surface area contributed by atoms with Gasteiger partial charge in [0, 0.05) is 12.3 Å². The Kier molecular flexibility index (Phi) is 5.98. The molecular formula is C30H51O+. The third kappa shape index (κ3) is 3.38. The molecule has 4 rings (SSSR count). The minimum absolute atomic E-state index is 0.0690. The highest BCUT2D eigenvalue weighted by Gasteiger charge is 2.69. The smallest absolute Gasteiger partial charge is 0.103 e. The number of aliphatic hydroxyl groups excluding tert-OH is 1.